The summed E-state index contributed by atoms with van der Waals surface area (Å²) in [5, 5.41) is 13.0. The molecule has 3 rings (SSSR count). The number of sulfonamides is 1. The number of aliphatic hydroxyl groups excluding tert-OH is 1. The molecule has 0 amide bonds. The Labute approximate surface area is 176 Å². The highest BCUT2D eigenvalue weighted by Crippen LogP contribution is 2.15. The van der Waals surface area contributed by atoms with Crippen LogP contribution in [0.1, 0.15) is 24.5 Å². The number of benzene rings is 2. The SMILES string of the molecule is CCNC(=NCc1cccc(S(=O)(=O)NCc2cccc(F)c2)c1)N1CC[C@@H](O)C1. The smallest absolute Gasteiger partial charge is 0.240 e. The molecule has 0 aliphatic carbocycles. The van der Waals surface area contributed by atoms with E-state index in [9.17, 15) is 17.9 Å². The molecule has 0 unspecified atom stereocenters. The largest absolute Gasteiger partial charge is 0.391 e. The van der Waals surface area contributed by atoms with Crippen LogP contribution in [0.5, 0.6) is 0 Å². The van der Waals surface area contributed by atoms with Gasteiger partial charge in [0.1, 0.15) is 5.82 Å². The van der Waals surface area contributed by atoms with Gasteiger partial charge in [0, 0.05) is 26.2 Å². The molecule has 1 atom stereocenters. The van der Waals surface area contributed by atoms with E-state index in [1.54, 1.807) is 24.3 Å². The van der Waals surface area contributed by atoms with Gasteiger partial charge in [0.15, 0.2) is 5.96 Å². The van der Waals surface area contributed by atoms with Crippen LogP contribution in [0.3, 0.4) is 0 Å². The molecule has 0 radical (unpaired) electrons. The zero-order chi connectivity index (χ0) is 21.6. The summed E-state index contributed by atoms with van der Waals surface area (Å²) in [6, 6.07) is 12.4. The van der Waals surface area contributed by atoms with Gasteiger partial charge < -0.3 is 15.3 Å². The van der Waals surface area contributed by atoms with E-state index in [0.717, 1.165) is 12.1 Å². The lowest BCUT2D eigenvalue weighted by Crippen LogP contribution is -2.40. The molecule has 30 heavy (non-hydrogen) atoms. The van der Waals surface area contributed by atoms with E-state index in [0.29, 0.717) is 37.6 Å². The van der Waals surface area contributed by atoms with E-state index in [-0.39, 0.29) is 17.5 Å². The molecular weight excluding hydrogens is 407 g/mol. The molecule has 9 heteroatoms. The van der Waals surface area contributed by atoms with E-state index in [2.05, 4.69) is 15.0 Å². The number of nitrogens with zero attached hydrogens (tertiary/aromatic N) is 2. The summed E-state index contributed by atoms with van der Waals surface area (Å²) in [6.45, 7) is 4.24. The molecule has 2 aromatic rings. The first-order chi connectivity index (χ1) is 14.4. The molecule has 7 nitrogen and oxygen atoms in total. The maximum absolute atomic E-state index is 13.3. The molecule has 1 aliphatic heterocycles. The van der Waals surface area contributed by atoms with Crippen LogP contribution in [-0.4, -0.2) is 50.1 Å². The highest BCUT2D eigenvalue weighted by molar-refractivity contribution is 7.89. The Bertz CT molecular complexity index is 997. The van der Waals surface area contributed by atoms with Crippen molar-refractivity contribution in [3.63, 3.8) is 0 Å². The predicted octanol–water partition coefficient (Wildman–Crippen LogP) is 1.84. The molecule has 1 saturated heterocycles. The number of aliphatic imine (C=N–C) groups is 1. The van der Waals surface area contributed by atoms with Gasteiger partial charge in [-0.05, 0) is 48.7 Å². The number of nitrogens with one attached hydrogen (secondary N) is 2. The van der Waals surface area contributed by atoms with Crippen LogP contribution >= 0.6 is 0 Å². The fourth-order valence-corrected chi connectivity index (χ4v) is 4.33. The summed E-state index contributed by atoms with van der Waals surface area (Å²) < 4.78 is 41.1. The van der Waals surface area contributed by atoms with E-state index < -0.39 is 15.8 Å². The zero-order valence-electron chi connectivity index (χ0n) is 16.9. The summed E-state index contributed by atoms with van der Waals surface area (Å²) in [7, 11) is -3.75. The van der Waals surface area contributed by atoms with Gasteiger partial charge in [-0.3, -0.25) is 0 Å². The Balaban J connectivity index is 1.69. The van der Waals surface area contributed by atoms with Crippen molar-refractivity contribution in [1.29, 1.82) is 0 Å². The lowest BCUT2D eigenvalue weighted by Gasteiger charge is -2.21. The molecule has 0 aromatic heterocycles. The van der Waals surface area contributed by atoms with Crippen molar-refractivity contribution < 1.29 is 17.9 Å². The van der Waals surface area contributed by atoms with Gasteiger partial charge in [0.05, 0.1) is 17.5 Å². The third kappa shape index (κ3) is 6.01. The Morgan fingerprint density at radius 1 is 1.23 bits per heavy atom. The lowest BCUT2D eigenvalue weighted by atomic mass is 10.2. The van der Waals surface area contributed by atoms with E-state index in [4.69, 9.17) is 0 Å². The van der Waals surface area contributed by atoms with Crippen molar-refractivity contribution in [2.24, 2.45) is 4.99 Å². The second-order valence-electron chi connectivity index (χ2n) is 7.16. The van der Waals surface area contributed by atoms with Crippen LogP contribution in [-0.2, 0) is 23.1 Å². The number of halogens is 1. The van der Waals surface area contributed by atoms with Crippen molar-refractivity contribution in [3.05, 3.63) is 65.5 Å². The van der Waals surface area contributed by atoms with Gasteiger partial charge in [-0.2, -0.15) is 0 Å². The average molecular weight is 435 g/mol. The maximum atomic E-state index is 13.3. The Morgan fingerprint density at radius 3 is 2.70 bits per heavy atom. The maximum Gasteiger partial charge on any atom is 0.240 e. The molecule has 3 N–H and O–H groups in total. The number of aliphatic hydroxyl groups is 1. The molecule has 162 valence electrons. The summed E-state index contributed by atoms with van der Waals surface area (Å²) in [6.07, 6.45) is 0.348. The van der Waals surface area contributed by atoms with Crippen LogP contribution < -0.4 is 10.0 Å². The topological polar surface area (TPSA) is 94.0 Å². The van der Waals surface area contributed by atoms with Crippen LogP contribution in [0.4, 0.5) is 4.39 Å². The normalized spacial score (nSPS) is 17.4. The number of hydrogen-bond donors (Lipinski definition) is 3. The average Bonchev–Trinajstić information content (AvgIpc) is 3.16. The molecule has 0 spiro atoms. The van der Waals surface area contributed by atoms with Gasteiger partial charge in [0.2, 0.25) is 10.0 Å². The number of rotatable bonds is 7. The van der Waals surface area contributed by atoms with Gasteiger partial charge in [0.25, 0.3) is 0 Å². The van der Waals surface area contributed by atoms with E-state index in [1.165, 1.54) is 18.2 Å². The van der Waals surface area contributed by atoms with Crippen molar-refractivity contribution in [2.75, 3.05) is 19.6 Å². The third-order valence-electron chi connectivity index (χ3n) is 4.77. The summed E-state index contributed by atoms with van der Waals surface area (Å²) in [5.41, 5.74) is 1.29. The Kier molecular flexibility index (Phi) is 7.41. The van der Waals surface area contributed by atoms with Crippen LogP contribution in [0.15, 0.2) is 58.4 Å². The first kappa shape index (κ1) is 22.2. The molecular formula is C21H27FN4O3S. The number of guanidine groups is 1. The summed E-state index contributed by atoms with van der Waals surface area (Å²) >= 11 is 0. The number of β-amino-alcohol motifs (C(OH)–C–C–N with tert-alkyl or cyclic N) is 1. The predicted molar refractivity (Wildman–Crippen MR) is 114 cm³/mol. The standard InChI is InChI=1S/C21H27FN4O3S/c1-2-23-21(26-10-9-19(27)15-26)24-13-17-6-4-8-20(12-17)30(28,29)25-14-16-5-3-7-18(22)11-16/h3-8,11-12,19,25,27H,2,9-10,13-15H2,1H3,(H,23,24)/t19-/m1/s1. The minimum atomic E-state index is -3.75. The molecule has 1 fully saturated rings. The van der Waals surface area contributed by atoms with E-state index >= 15 is 0 Å². The Morgan fingerprint density at radius 2 is 2.00 bits per heavy atom. The molecule has 0 saturated carbocycles. The first-order valence-electron chi connectivity index (χ1n) is 9.92. The highest BCUT2D eigenvalue weighted by Gasteiger charge is 2.22. The minimum absolute atomic E-state index is 0.00429. The Hall–Kier alpha value is -2.49. The minimum Gasteiger partial charge on any atom is -0.391 e. The van der Waals surface area contributed by atoms with Gasteiger partial charge in [-0.25, -0.2) is 22.5 Å². The van der Waals surface area contributed by atoms with Gasteiger partial charge in [-0.1, -0.05) is 24.3 Å². The molecule has 1 aliphatic rings. The van der Waals surface area contributed by atoms with E-state index in [1.807, 2.05) is 17.9 Å². The van der Waals surface area contributed by atoms with Crippen LogP contribution in [0.25, 0.3) is 0 Å². The molecule has 0 bridgehead atoms. The third-order valence-corrected chi connectivity index (χ3v) is 6.17. The number of hydrogen-bond acceptors (Lipinski definition) is 4. The zero-order valence-corrected chi connectivity index (χ0v) is 17.7. The summed E-state index contributed by atoms with van der Waals surface area (Å²) in [4.78, 5) is 6.72. The second kappa shape index (κ2) is 10.0. The number of likely N-dealkylation sites (tertiary alicyclic amines) is 1. The lowest BCUT2D eigenvalue weighted by molar-refractivity contribution is 0.188. The van der Waals surface area contributed by atoms with Crippen molar-refractivity contribution in [2.45, 2.75) is 37.4 Å². The van der Waals surface area contributed by atoms with Crippen molar-refractivity contribution >= 4 is 16.0 Å². The fraction of sp³-hybridized carbons (Fsp3) is 0.381. The highest BCUT2D eigenvalue weighted by atomic mass is 32.2. The van der Waals surface area contributed by atoms with Crippen molar-refractivity contribution in [1.82, 2.24) is 14.9 Å². The van der Waals surface area contributed by atoms with Gasteiger partial charge >= 0.3 is 0 Å². The van der Waals surface area contributed by atoms with Crippen LogP contribution in [0, 0.1) is 5.82 Å². The monoisotopic (exact) mass is 434 g/mol. The fourth-order valence-electron chi connectivity index (χ4n) is 3.25. The summed E-state index contributed by atoms with van der Waals surface area (Å²) in [5.74, 6) is 0.292. The molecule has 1 heterocycles. The molecule has 2 aromatic carbocycles. The quantitative estimate of drug-likeness (QED) is 0.457. The van der Waals surface area contributed by atoms with Crippen LogP contribution in [0.2, 0.25) is 0 Å². The van der Waals surface area contributed by atoms with Gasteiger partial charge in [-0.15, -0.1) is 0 Å². The second-order valence-corrected chi connectivity index (χ2v) is 8.93. The first-order valence-corrected chi connectivity index (χ1v) is 11.4. The van der Waals surface area contributed by atoms with Crippen molar-refractivity contribution in [3.8, 4) is 0 Å².